The van der Waals surface area contributed by atoms with Gasteiger partial charge in [-0.15, -0.1) is 0 Å². The van der Waals surface area contributed by atoms with Gasteiger partial charge in [0.15, 0.2) is 0 Å². The largest absolute Gasteiger partial charge is 1.00 e. The van der Waals surface area contributed by atoms with Gasteiger partial charge in [0, 0.05) is 12.4 Å². The second-order valence-corrected chi connectivity index (χ2v) is 3.49. The minimum atomic E-state index is -1.24. The summed E-state index contributed by atoms with van der Waals surface area (Å²) >= 11 is 0. The number of rotatable bonds is 5. The Hall–Kier alpha value is -0.840. The van der Waals surface area contributed by atoms with Gasteiger partial charge >= 0.3 is 35.5 Å². The second kappa shape index (κ2) is 8.28. The van der Waals surface area contributed by atoms with Crippen LogP contribution in [0.5, 0.6) is 0 Å². The first-order valence-electron chi connectivity index (χ1n) is 4.95. The summed E-state index contributed by atoms with van der Waals surface area (Å²) in [7, 11) is 1.25. The van der Waals surface area contributed by atoms with E-state index in [1.54, 1.807) is 0 Å². The average molecular weight is 244 g/mol. The number of carbonyl (C=O) groups is 2. The van der Waals surface area contributed by atoms with Crippen molar-refractivity contribution in [2.45, 2.75) is 12.8 Å². The number of esters is 1. The Labute approximate surface area is 122 Å². The molecule has 0 amide bonds. The van der Waals surface area contributed by atoms with Gasteiger partial charge in [0.2, 0.25) is 0 Å². The van der Waals surface area contributed by atoms with E-state index in [4.69, 9.17) is 0 Å². The molecule has 1 aromatic rings. The van der Waals surface area contributed by atoms with E-state index in [1.165, 1.54) is 7.11 Å². The zero-order valence-corrected chi connectivity index (χ0v) is 12.0. The van der Waals surface area contributed by atoms with Crippen LogP contribution in [0, 0.1) is 5.92 Å². The van der Waals surface area contributed by atoms with Crippen molar-refractivity contribution in [3.8, 4) is 0 Å². The summed E-state index contributed by atoms with van der Waals surface area (Å²) in [4.78, 5) is 21.8. The fourth-order valence-electron chi connectivity index (χ4n) is 1.51. The molecular weight excluding hydrogens is 231 g/mol. The van der Waals surface area contributed by atoms with Crippen molar-refractivity contribution in [1.29, 1.82) is 0 Å². The predicted octanol–water partition coefficient (Wildman–Crippen LogP) is -2.84. The molecule has 0 aliphatic rings. The molecule has 0 aliphatic heterocycles. The summed E-state index contributed by atoms with van der Waals surface area (Å²) < 4.78 is 4.56. The molecule has 0 aromatic heterocycles. The number of hydrogen-bond donors (Lipinski definition) is 0. The number of carboxylic acids is 1. The van der Waals surface area contributed by atoms with Crippen LogP contribution in [0.1, 0.15) is 12.0 Å². The Balaban J connectivity index is 0.00000256. The maximum absolute atomic E-state index is 11.3. The quantitative estimate of drug-likeness (QED) is 0.413. The molecule has 0 aliphatic carbocycles. The number of hydrogen-bond acceptors (Lipinski definition) is 4. The van der Waals surface area contributed by atoms with Gasteiger partial charge in [0.25, 0.3) is 0 Å². The zero-order valence-electron chi connectivity index (χ0n) is 10.0. The van der Waals surface area contributed by atoms with Gasteiger partial charge in [0.05, 0.1) is 13.0 Å². The van der Waals surface area contributed by atoms with Crippen LogP contribution in [0.4, 0.5) is 0 Å². The molecule has 0 spiro atoms. The van der Waals surface area contributed by atoms with Crippen molar-refractivity contribution < 1.29 is 49.0 Å². The third-order valence-corrected chi connectivity index (χ3v) is 2.27. The van der Waals surface area contributed by atoms with Crippen molar-refractivity contribution in [3.05, 3.63) is 35.9 Å². The molecule has 0 N–H and O–H groups in total. The molecule has 0 radical (unpaired) electrons. The van der Waals surface area contributed by atoms with E-state index in [9.17, 15) is 14.7 Å². The van der Waals surface area contributed by atoms with Crippen LogP contribution in [0.3, 0.4) is 0 Å². The summed E-state index contributed by atoms with van der Waals surface area (Å²) in [6.45, 7) is 0. The normalized spacial score (nSPS) is 11.1. The van der Waals surface area contributed by atoms with Crippen molar-refractivity contribution in [2.24, 2.45) is 5.92 Å². The average Bonchev–Trinajstić information content (AvgIpc) is 2.28. The maximum atomic E-state index is 11.3. The zero-order chi connectivity index (χ0) is 12.0. The van der Waals surface area contributed by atoms with Crippen molar-refractivity contribution in [2.75, 3.05) is 7.11 Å². The van der Waals surface area contributed by atoms with Crippen LogP contribution in [0.15, 0.2) is 30.3 Å². The van der Waals surface area contributed by atoms with Gasteiger partial charge in [0.1, 0.15) is 0 Å². The van der Waals surface area contributed by atoms with Gasteiger partial charge in [-0.25, -0.2) is 0 Å². The van der Waals surface area contributed by atoms with E-state index in [0.29, 0.717) is 6.42 Å². The fourth-order valence-corrected chi connectivity index (χ4v) is 1.51. The van der Waals surface area contributed by atoms with Gasteiger partial charge < -0.3 is 14.6 Å². The Bertz CT molecular complexity index is 364. The number of methoxy groups -OCH3 is 1. The predicted molar refractivity (Wildman–Crippen MR) is 55.3 cm³/mol. The molecule has 5 heteroatoms. The Morgan fingerprint density at radius 1 is 1.29 bits per heavy atom. The molecule has 0 fully saturated rings. The van der Waals surface area contributed by atoms with Crippen LogP contribution in [-0.4, -0.2) is 19.0 Å². The minimum Gasteiger partial charge on any atom is -0.550 e. The van der Waals surface area contributed by atoms with E-state index in [1.807, 2.05) is 30.3 Å². The molecule has 86 valence electrons. The topological polar surface area (TPSA) is 66.4 Å². The van der Waals surface area contributed by atoms with E-state index in [0.717, 1.165) is 5.56 Å². The summed E-state index contributed by atoms with van der Waals surface area (Å²) in [6.07, 6.45) is 0.0308. The van der Waals surface area contributed by atoms with Crippen molar-refractivity contribution >= 4 is 11.9 Å². The van der Waals surface area contributed by atoms with Crippen LogP contribution >= 0.6 is 0 Å². The van der Waals surface area contributed by atoms with E-state index >= 15 is 0 Å². The molecule has 0 saturated carbocycles. The first-order valence-corrected chi connectivity index (χ1v) is 4.95. The monoisotopic (exact) mass is 244 g/mol. The standard InChI is InChI=1S/C12H14O4.Na/c1-16-12(15)10(8-11(13)14)7-9-5-3-2-4-6-9;/h2-6,10H,7-8H2,1H3,(H,13,14);/q;+1/p-1/t10-;/m0./s1. The molecule has 1 rings (SSSR count). The number of ether oxygens (including phenoxy) is 1. The number of aliphatic carboxylic acids is 1. The molecule has 0 heterocycles. The first-order chi connectivity index (χ1) is 7.63. The van der Waals surface area contributed by atoms with Crippen molar-refractivity contribution in [3.63, 3.8) is 0 Å². The Morgan fingerprint density at radius 2 is 1.88 bits per heavy atom. The third kappa shape index (κ3) is 5.86. The molecule has 1 atom stereocenters. The smallest absolute Gasteiger partial charge is 0.550 e. The van der Waals surface area contributed by atoms with E-state index in [-0.39, 0.29) is 36.0 Å². The molecule has 0 unspecified atom stereocenters. The SMILES string of the molecule is COC(=O)[C@H](CC(=O)[O-])Cc1ccccc1.[Na+]. The summed E-state index contributed by atoms with van der Waals surface area (Å²) in [5, 5.41) is 10.5. The van der Waals surface area contributed by atoms with Crippen molar-refractivity contribution in [1.82, 2.24) is 0 Å². The molecule has 0 saturated heterocycles. The van der Waals surface area contributed by atoms with E-state index in [2.05, 4.69) is 4.74 Å². The van der Waals surface area contributed by atoms with Crippen LogP contribution in [0.25, 0.3) is 0 Å². The number of benzene rings is 1. The third-order valence-electron chi connectivity index (χ3n) is 2.27. The fraction of sp³-hybridized carbons (Fsp3) is 0.333. The van der Waals surface area contributed by atoms with Gasteiger partial charge in [-0.1, -0.05) is 30.3 Å². The van der Waals surface area contributed by atoms with Gasteiger partial charge in [-0.2, -0.15) is 0 Å². The summed E-state index contributed by atoms with van der Waals surface area (Å²) in [5.74, 6) is -2.45. The van der Waals surface area contributed by atoms with Crippen LogP contribution in [-0.2, 0) is 20.7 Å². The summed E-state index contributed by atoms with van der Waals surface area (Å²) in [5.41, 5.74) is 0.902. The molecule has 1 aromatic carbocycles. The number of carbonyl (C=O) groups excluding carboxylic acids is 2. The molecule has 4 nitrogen and oxygen atoms in total. The molecule has 17 heavy (non-hydrogen) atoms. The first kappa shape index (κ1) is 16.2. The van der Waals surface area contributed by atoms with Gasteiger partial charge in [-0.3, -0.25) is 4.79 Å². The van der Waals surface area contributed by atoms with Crippen LogP contribution < -0.4 is 34.7 Å². The summed E-state index contributed by atoms with van der Waals surface area (Å²) in [6, 6.07) is 9.21. The van der Waals surface area contributed by atoms with Gasteiger partial charge in [-0.05, 0) is 12.0 Å². The number of carboxylic acid groups (broad SMARTS) is 1. The Kier molecular flexibility index (Phi) is 7.87. The second-order valence-electron chi connectivity index (χ2n) is 3.49. The Morgan fingerprint density at radius 3 is 2.35 bits per heavy atom. The van der Waals surface area contributed by atoms with Crippen LogP contribution in [0.2, 0.25) is 0 Å². The molecule has 0 bridgehead atoms. The molecular formula is C12H13NaO4. The maximum Gasteiger partial charge on any atom is 1.00 e. The minimum absolute atomic E-state index is 0. The van der Waals surface area contributed by atoms with E-state index < -0.39 is 17.9 Å².